The monoisotopic (exact) mass is 258 g/mol. The van der Waals surface area contributed by atoms with Crippen molar-refractivity contribution in [1.29, 1.82) is 0 Å². The summed E-state index contributed by atoms with van der Waals surface area (Å²) >= 11 is 0. The normalized spacial score (nSPS) is 12.2. The van der Waals surface area contributed by atoms with Gasteiger partial charge in [-0.25, -0.2) is 4.39 Å². The van der Waals surface area contributed by atoms with Crippen molar-refractivity contribution in [1.82, 2.24) is 4.98 Å². The topological polar surface area (TPSA) is 24.9 Å². The minimum atomic E-state index is -0.301. The second kappa shape index (κ2) is 5.83. The predicted octanol–water partition coefficient (Wildman–Crippen LogP) is 4.40. The standard InChI is InChI=1S/C16H19FN2/c1-4-15(16-8-6-13(17)10-18-16)19-14-7-5-11(2)12(3)9-14/h5-10,15,19H,4H2,1-3H3. The van der Waals surface area contributed by atoms with E-state index in [1.807, 2.05) is 0 Å². The summed E-state index contributed by atoms with van der Waals surface area (Å²) in [6.07, 6.45) is 2.16. The van der Waals surface area contributed by atoms with Gasteiger partial charge < -0.3 is 5.32 Å². The van der Waals surface area contributed by atoms with Gasteiger partial charge >= 0.3 is 0 Å². The first-order valence-electron chi connectivity index (χ1n) is 6.55. The van der Waals surface area contributed by atoms with Gasteiger partial charge in [0.2, 0.25) is 0 Å². The molecule has 0 amide bonds. The van der Waals surface area contributed by atoms with Crippen molar-refractivity contribution in [2.75, 3.05) is 5.32 Å². The van der Waals surface area contributed by atoms with E-state index in [4.69, 9.17) is 0 Å². The van der Waals surface area contributed by atoms with Crippen molar-refractivity contribution >= 4 is 5.69 Å². The molecule has 2 rings (SSSR count). The van der Waals surface area contributed by atoms with E-state index in [0.29, 0.717) is 0 Å². The Hall–Kier alpha value is -1.90. The van der Waals surface area contributed by atoms with Crippen LogP contribution in [0.15, 0.2) is 36.5 Å². The van der Waals surface area contributed by atoms with Gasteiger partial charge in [0.05, 0.1) is 17.9 Å². The Morgan fingerprint density at radius 3 is 2.53 bits per heavy atom. The zero-order chi connectivity index (χ0) is 13.8. The van der Waals surface area contributed by atoms with E-state index >= 15 is 0 Å². The van der Waals surface area contributed by atoms with Crippen LogP contribution in [0.3, 0.4) is 0 Å². The fourth-order valence-corrected chi connectivity index (χ4v) is 2.01. The van der Waals surface area contributed by atoms with Crippen molar-refractivity contribution in [3.8, 4) is 0 Å². The van der Waals surface area contributed by atoms with Gasteiger partial charge in [0.1, 0.15) is 5.82 Å². The Morgan fingerprint density at radius 2 is 1.95 bits per heavy atom. The molecule has 2 aromatic rings. The summed E-state index contributed by atoms with van der Waals surface area (Å²) in [6, 6.07) is 9.58. The molecule has 100 valence electrons. The molecule has 0 saturated carbocycles. The molecule has 1 heterocycles. The third-order valence-corrected chi connectivity index (χ3v) is 3.36. The van der Waals surface area contributed by atoms with E-state index in [-0.39, 0.29) is 11.9 Å². The highest BCUT2D eigenvalue weighted by Crippen LogP contribution is 2.22. The number of halogens is 1. The van der Waals surface area contributed by atoms with Crippen LogP contribution in [0.2, 0.25) is 0 Å². The smallest absolute Gasteiger partial charge is 0.141 e. The number of aromatic nitrogens is 1. The van der Waals surface area contributed by atoms with Crippen LogP contribution in [0.5, 0.6) is 0 Å². The Balaban J connectivity index is 2.18. The molecule has 0 aliphatic carbocycles. The summed E-state index contributed by atoms with van der Waals surface area (Å²) < 4.78 is 12.9. The van der Waals surface area contributed by atoms with Crippen LogP contribution in [0.4, 0.5) is 10.1 Å². The number of hydrogen-bond donors (Lipinski definition) is 1. The quantitative estimate of drug-likeness (QED) is 0.879. The lowest BCUT2D eigenvalue weighted by atomic mass is 10.1. The molecule has 0 spiro atoms. The van der Waals surface area contributed by atoms with E-state index in [9.17, 15) is 4.39 Å². The van der Waals surface area contributed by atoms with Gasteiger partial charge in [-0.1, -0.05) is 13.0 Å². The molecule has 1 unspecified atom stereocenters. The minimum absolute atomic E-state index is 0.0997. The van der Waals surface area contributed by atoms with Gasteiger partial charge in [-0.3, -0.25) is 4.98 Å². The average molecular weight is 258 g/mol. The molecule has 1 atom stereocenters. The molecule has 1 N–H and O–H groups in total. The van der Waals surface area contributed by atoms with Crippen LogP contribution in [-0.4, -0.2) is 4.98 Å². The second-order valence-electron chi connectivity index (χ2n) is 4.81. The summed E-state index contributed by atoms with van der Waals surface area (Å²) in [6.45, 7) is 6.28. The van der Waals surface area contributed by atoms with Crippen LogP contribution >= 0.6 is 0 Å². The van der Waals surface area contributed by atoms with Crippen LogP contribution in [0.1, 0.15) is 36.2 Å². The van der Waals surface area contributed by atoms with Crippen LogP contribution in [0, 0.1) is 19.7 Å². The first-order valence-corrected chi connectivity index (χ1v) is 6.55. The van der Waals surface area contributed by atoms with Crippen LogP contribution < -0.4 is 5.32 Å². The van der Waals surface area contributed by atoms with Crippen molar-refractivity contribution in [2.24, 2.45) is 0 Å². The van der Waals surface area contributed by atoms with Crippen LogP contribution in [-0.2, 0) is 0 Å². The molecule has 1 aromatic heterocycles. The van der Waals surface area contributed by atoms with Crippen LogP contribution in [0.25, 0.3) is 0 Å². The lowest BCUT2D eigenvalue weighted by Crippen LogP contribution is -2.11. The number of benzene rings is 1. The van der Waals surface area contributed by atoms with Crippen molar-refractivity contribution in [2.45, 2.75) is 33.2 Å². The fourth-order valence-electron chi connectivity index (χ4n) is 2.01. The number of rotatable bonds is 4. The predicted molar refractivity (Wildman–Crippen MR) is 76.8 cm³/mol. The van der Waals surface area contributed by atoms with E-state index in [0.717, 1.165) is 17.8 Å². The number of pyridine rings is 1. The number of aryl methyl sites for hydroxylation is 2. The maximum Gasteiger partial charge on any atom is 0.141 e. The number of nitrogens with one attached hydrogen (secondary N) is 1. The third-order valence-electron chi connectivity index (χ3n) is 3.36. The first-order chi connectivity index (χ1) is 9.10. The number of anilines is 1. The van der Waals surface area contributed by atoms with Crippen molar-refractivity contribution in [3.05, 3.63) is 59.2 Å². The molecule has 0 radical (unpaired) electrons. The molecular weight excluding hydrogens is 239 g/mol. The highest BCUT2D eigenvalue weighted by molar-refractivity contribution is 5.49. The van der Waals surface area contributed by atoms with Crippen molar-refractivity contribution in [3.63, 3.8) is 0 Å². The van der Waals surface area contributed by atoms with E-state index in [2.05, 4.69) is 49.3 Å². The highest BCUT2D eigenvalue weighted by atomic mass is 19.1. The van der Waals surface area contributed by atoms with Gasteiger partial charge in [0.25, 0.3) is 0 Å². The summed E-state index contributed by atoms with van der Waals surface area (Å²) in [5.74, 6) is -0.301. The zero-order valence-corrected chi connectivity index (χ0v) is 11.6. The van der Waals surface area contributed by atoms with E-state index < -0.39 is 0 Å². The average Bonchev–Trinajstić information content (AvgIpc) is 2.41. The number of nitrogens with zero attached hydrogens (tertiary/aromatic N) is 1. The molecule has 2 nitrogen and oxygen atoms in total. The largest absolute Gasteiger partial charge is 0.377 e. The number of hydrogen-bond acceptors (Lipinski definition) is 2. The SMILES string of the molecule is CCC(Nc1ccc(C)c(C)c1)c1ccc(F)cn1. The van der Waals surface area contributed by atoms with Gasteiger partial charge in [-0.05, 0) is 55.7 Å². The third kappa shape index (κ3) is 3.31. The molecular formula is C16H19FN2. The van der Waals surface area contributed by atoms with Gasteiger partial charge in [-0.15, -0.1) is 0 Å². The molecule has 0 aliphatic heterocycles. The Kier molecular flexibility index (Phi) is 4.15. The van der Waals surface area contributed by atoms with Gasteiger partial charge in [0.15, 0.2) is 0 Å². The lowest BCUT2D eigenvalue weighted by molar-refractivity contribution is 0.614. The highest BCUT2D eigenvalue weighted by Gasteiger charge is 2.10. The van der Waals surface area contributed by atoms with Gasteiger partial charge in [0, 0.05) is 5.69 Å². The molecule has 0 aliphatic rings. The summed E-state index contributed by atoms with van der Waals surface area (Å²) in [4.78, 5) is 4.15. The molecule has 3 heteroatoms. The first kappa shape index (κ1) is 13.5. The Bertz CT molecular complexity index is 549. The summed E-state index contributed by atoms with van der Waals surface area (Å²) in [7, 11) is 0. The Labute approximate surface area is 113 Å². The Morgan fingerprint density at radius 1 is 1.16 bits per heavy atom. The molecule has 19 heavy (non-hydrogen) atoms. The molecule has 0 bridgehead atoms. The van der Waals surface area contributed by atoms with Crippen molar-refractivity contribution < 1.29 is 4.39 Å². The molecule has 0 saturated heterocycles. The van der Waals surface area contributed by atoms with E-state index in [1.54, 1.807) is 6.07 Å². The summed E-state index contributed by atoms with van der Waals surface area (Å²) in [5.41, 5.74) is 4.47. The lowest BCUT2D eigenvalue weighted by Gasteiger charge is -2.18. The second-order valence-corrected chi connectivity index (χ2v) is 4.81. The maximum atomic E-state index is 12.9. The van der Waals surface area contributed by atoms with E-state index in [1.165, 1.54) is 23.4 Å². The molecule has 1 aromatic carbocycles. The fraction of sp³-hybridized carbons (Fsp3) is 0.312. The van der Waals surface area contributed by atoms with Gasteiger partial charge in [-0.2, -0.15) is 0 Å². The summed E-state index contributed by atoms with van der Waals surface area (Å²) in [5, 5.41) is 3.45. The maximum absolute atomic E-state index is 12.9. The minimum Gasteiger partial charge on any atom is -0.377 e. The molecule has 0 fully saturated rings. The zero-order valence-electron chi connectivity index (χ0n) is 11.6.